The summed E-state index contributed by atoms with van der Waals surface area (Å²) in [6.45, 7) is 8.30. The minimum Gasteiger partial charge on any atom is -0.340 e. The number of rotatable bonds is 2. The average molecular weight is 283 g/mol. The third-order valence-electron chi connectivity index (χ3n) is 3.10. The van der Waals surface area contributed by atoms with Crippen molar-refractivity contribution in [1.29, 1.82) is 0 Å². The second-order valence-corrected chi connectivity index (χ2v) is 4.69. The highest BCUT2D eigenvalue weighted by molar-refractivity contribution is 6.30. The third kappa shape index (κ3) is 4.51. The summed E-state index contributed by atoms with van der Waals surface area (Å²) in [4.78, 5) is 13.6. The van der Waals surface area contributed by atoms with Gasteiger partial charge in [-0.2, -0.15) is 0 Å². The van der Waals surface area contributed by atoms with Crippen LogP contribution >= 0.6 is 11.6 Å². The zero-order valence-electron chi connectivity index (χ0n) is 11.9. The van der Waals surface area contributed by atoms with Crippen molar-refractivity contribution < 1.29 is 4.79 Å². The number of hydrogen-bond donors (Lipinski definition) is 1. The van der Waals surface area contributed by atoms with Crippen LogP contribution in [0.3, 0.4) is 0 Å². The molecular weight excluding hydrogens is 260 g/mol. The second-order valence-electron chi connectivity index (χ2n) is 4.25. The van der Waals surface area contributed by atoms with Crippen molar-refractivity contribution in [2.24, 2.45) is 0 Å². The molecule has 1 unspecified atom stereocenters. The van der Waals surface area contributed by atoms with Gasteiger partial charge in [0.1, 0.15) is 0 Å². The number of amides is 1. The highest BCUT2D eigenvalue weighted by atomic mass is 35.5. The first-order valence-electron chi connectivity index (χ1n) is 6.97. The predicted octanol–water partition coefficient (Wildman–Crippen LogP) is 3.25. The Balaban J connectivity index is 0.000000861. The quantitative estimate of drug-likeness (QED) is 0.903. The molecule has 1 aliphatic rings. The Bertz CT molecular complexity index is 392. The van der Waals surface area contributed by atoms with Gasteiger partial charge in [0.25, 0.3) is 0 Å². The summed E-state index contributed by atoms with van der Waals surface area (Å²) in [6.07, 6.45) is 0.577. The number of halogens is 1. The minimum atomic E-state index is 0.219. The fraction of sp³-hybridized carbons (Fsp3) is 0.533. The lowest BCUT2D eigenvalue weighted by Gasteiger charge is -2.34. The SMILES string of the molecule is CC.CCC(=O)N1CCNC(c2ccc(Cl)cc2)C1. The van der Waals surface area contributed by atoms with Crippen molar-refractivity contribution >= 4 is 17.5 Å². The fourth-order valence-corrected chi connectivity index (χ4v) is 2.24. The van der Waals surface area contributed by atoms with Crippen LogP contribution in [0.4, 0.5) is 0 Å². The van der Waals surface area contributed by atoms with Gasteiger partial charge in [0.2, 0.25) is 5.91 Å². The summed E-state index contributed by atoms with van der Waals surface area (Å²) in [5.41, 5.74) is 1.18. The van der Waals surface area contributed by atoms with Crippen LogP contribution in [0.2, 0.25) is 5.02 Å². The smallest absolute Gasteiger partial charge is 0.222 e. The first kappa shape index (κ1) is 16.0. The number of nitrogens with zero attached hydrogens (tertiary/aromatic N) is 1. The molecule has 1 aromatic rings. The van der Waals surface area contributed by atoms with Gasteiger partial charge < -0.3 is 10.2 Å². The maximum absolute atomic E-state index is 11.7. The molecule has 0 radical (unpaired) electrons. The minimum absolute atomic E-state index is 0.219. The molecule has 1 aromatic carbocycles. The zero-order chi connectivity index (χ0) is 14.3. The van der Waals surface area contributed by atoms with Gasteiger partial charge in [-0.3, -0.25) is 4.79 Å². The summed E-state index contributed by atoms with van der Waals surface area (Å²) in [5, 5.41) is 4.17. The fourth-order valence-electron chi connectivity index (χ4n) is 2.12. The van der Waals surface area contributed by atoms with E-state index in [1.54, 1.807) is 0 Å². The molecule has 0 aliphatic carbocycles. The van der Waals surface area contributed by atoms with Crippen molar-refractivity contribution in [3.05, 3.63) is 34.9 Å². The molecule has 0 aromatic heterocycles. The molecule has 106 valence electrons. The maximum Gasteiger partial charge on any atom is 0.222 e. The van der Waals surface area contributed by atoms with Crippen molar-refractivity contribution in [1.82, 2.24) is 10.2 Å². The van der Waals surface area contributed by atoms with Gasteiger partial charge in [-0.05, 0) is 17.7 Å². The summed E-state index contributed by atoms with van der Waals surface area (Å²) in [7, 11) is 0. The van der Waals surface area contributed by atoms with E-state index in [2.05, 4.69) is 5.32 Å². The standard InChI is InChI=1S/C13H17ClN2O.C2H6/c1-2-13(17)16-8-7-15-12(9-16)10-3-5-11(14)6-4-10;1-2/h3-6,12,15H,2,7-9H2,1H3;1-2H3. The van der Waals surface area contributed by atoms with Crippen molar-refractivity contribution in [2.45, 2.75) is 33.2 Å². The monoisotopic (exact) mass is 282 g/mol. The largest absolute Gasteiger partial charge is 0.340 e. The lowest BCUT2D eigenvalue weighted by molar-refractivity contribution is -0.132. The molecule has 1 saturated heterocycles. The third-order valence-corrected chi connectivity index (χ3v) is 3.35. The Morgan fingerprint density at radius 2 is 2.00 bits per heavy atom. The van der Waals surface area contributed by atoms with Gasteiger partial charge in [-0.1, -0.05) is 44.5 Å². The van der Waals surface area contributed by atoms with E-state index in [1.165, 1.54) is 5.56 Å². The Morgan fingerprint density at radius 3 is 2.58 bits per heavy atom. The van der Waals surface area contributed by atoms with E-state index in [0.717, 1.165) is 24.7 Å². The molecule has 0 saturated carbocycles. The number of benzene rings is 1. The summed E-state index contributed by atoms with van der Waals surface area (Å²) in [6, 6.07) is 8.02. The zero-order valence-corrected chi connectivity index (χ0v) is 12.7. The van der Waals surface area contributed by atoms with Crippen LogP contribution in [0.15, 0.2) is 24.3 Å². The molecule has 1 N–H and O–H groups in total. The number of carbonyl (C=O) groups excluding carboxylic acids is 1. The van der Waals surface area contributed by atoms with E-state index >= 15 is 0 Å². The second kappa shape index (κ2) is 8.18. The first-order valence-corrected chi connectivity index (χ1v) is 7.35. The van der Waals surface area contributed by atoms with Crippen molar-refractivity contribution in [3.63, 3.8) is 0 Å². The molecule has 1 atom stereocenters. The Labute approximate surface area is 120 Å². The maximum atomic E-state index is 11.7. The van der Waals surface area contributed by atoms with E-state index in [1.807, 2.05) is 49.9 Å². The van der Waals surface area contributed by atoms with E-state index in [0.29, 0.717) is 6.42 Å². The lowest BCUT2D eigenvalue weighted by Crippen LogP contribution is -2.48. The van der Waals surface area contributed by atoms with Crippen LogP contribution in [0.25, 0.3) is 0 Å². The molecule has 2 rings (SSSR count). The van der Waals surface area contributed by atoms with Gasteiger partial charge in [0.15, 0.2) is 0 Å². The van der Waals surface area contributed by atoms with E-state index < -0.39 is 0 Å². The highest BCUT2D eigenvalue weighted by Crippen LogP contribution is 2.19. The Morgan fingerprint density at radius 1 is 1.37 bits per heavy atom. The van der Waals surface area contributed by atoms with Gasteiger partial charge in [-0.25, -0.2) is 0 Å². The van der Waals surface area contributed by atoms with Crippen LogP contribution in [-0.4, -0.2) is 30.4 Å². The lowest BCUT2D eigenvalue weighted by atomic mass is 10.0. The Hall–Kier alpha value is -1.06. The summed E-state index contributed by atoms with van der Waals surface area (Å²) >= 11 is 5.87. The molecule has 19 heavy (non-hydrogen) atoms. The van der Waals surface area contributed by atoms with Crippen LogP contribution in [0.1, 0.15) is 38.8 Å². The molecule has 1 aliphatic heterocycles. The van der Waals surface area contributed by atoms with E-state index in [9.17, 15) is 4.79 Å². The molecule has 1 heterocycles. The Kier molecular flexibility index (Phi) is 6.89. The number of piperazine rings is 1. The van der Waals surface area contributed by atoms with E-state index in [-0.39, 0.29) is 11.9 Å². The molecule has 1 amide bonds. The molecular formula is C15H23ClN2O. The molecule has 1 fully saturated rings. The van der Waals surface area contributed by atoms with E-state index in [4.69, 9.17) is 11.6 Å². The van der Waals surface area contributed by atoms with Crippen LogP contribution in [0.5, 0.6) is 0 Å². The molecule has 0 spiro atoms. The van der Waals surface area contributed by atoms with Gasteiger partial charge >= 0.3 is 0 Å². The van der Waals surface area contributed by atoms with Gasteiger partial charge in [0.05, 0.1) is 0 Å². The van der Waals surface area contributed by atoms with Crippen LogP contribution in [0, 0.1) is 0 Å². The normalized spacial score (nSPS) is 18.5. The number of carbonyl (C=O) groups is 1. The topological polar surface area (TPSA) is 32.3 Å². The van der Waals surface area contributed by atoms with Gasteiger partial charge in [0, 0.05) is 37.1 Å². The van der Waals surface area contributed by atoms with Crippen LogP contribution in [-0.2, 0) is 4.79 Å². The van der Waals surface area contributed by atoms with Crippen molar-refractivity contribution in [3.8, 4) is 0 Å². The first-order chi connectivity index (χ1) is 9.20. The number of hydrogen-bond acceptors (Lipinski definition) is 2. The van der Waals surface area contributed by atoms with Crippen LogP contribution < -0.4 is 5.32 Å². The molecule has 0 bridgehead atoms. The molecule has 4 heteroatoms. The average Bonchev–Trinajstić information content (AvgIpc) is 2.49. The van der Waals surface area contributed by atoms with Crippen molar-refractivity contribution in [2.75, 3.05) is 19.6 Å². The summed E-state index contributed by atoms with van der Waals surface area (Å²) < 4.78 is 0. The van der Waals surface area contributed by atoms with Gasteiger partial charge in [-0.15, -0.1) is 0 Å². The predicted molar refractivity (Wildman–Crippen MR) is 80.4 cm³/mol. The summed E-state index contributed by atoms with van der Waals surface area (Å²) in [5.74, 6) is 0.227. The highest BCUT2D eigenvalue weighted by Gasteiger charge is 2.22. The molecule has 3 nitrogen and oxygen atoms in total. The number of nitrogens with one attached hydrogen (secondary N) is 1.